The van der Waals surface area contributed by atoms with Crippen molar-refractivity contribution in [2.45, 2.75) is 63.4 Å². The fourth-order valence-electron chi connectivity index (χ4n) is 4.34. The normalized spacial score (nSPS) is 16.5. The lowest BCUT2D eigenvalue weighted by molar-refractivity contribution is -0.713. The number of hydrazine groups is 1. The third-order valence-electron chi connectivity index (χ3n) is 6.57. The van der Waals surface area contributed by atoms with E-state index in [2.05, 4.69) is 10.4 Å². The van der Waals surface area contributed by atoms with Crippen LogP contribution >= 0.6 is 0 Å². The molecule has 3 aromatic rings. The van der Waals surface area contributed by atoms with Gasteiger partial charge in [0.25, 0.3) is 22.2 Å². The highest BCUT2D eigenvalue weighted by Crippen LogP contribution is 2.33. The summed E-state index contributed by atoms with van der Waals surface area (Å²) in [7, 11) is -4.45. The number of nitrogens with zero attached hydrogens (tertiary/aromatic N) is 5. The van der Waals surface area contributed by atoms with E-state index in [0.29, 0.717) is 12.0 Å². The highest BCUT2D eigenvalue weighted by molar-refractivity contribution is 7.90. The number of carbonyl (C=O) groups excluding carboxylic acids is 2. The van der Waals surface area contributed by atoms with Crippen molar-refractivity contribution < 1.29 is 45.7 Å². The third-order valence-corrected chi connectivity index (χ3v) is 7.93. The molecule has 1 aliphatic heterocycles. The van der Waals surface area contributed by atoms with Gasteiger partial charge in [0.05, 0.1) is 27.8 Å². The molecule has 44 heavy (non-hydrogen) atoms. The Bertz CT molecular complexity index is 1640. The summed E-state index contributed by atoms with van der Waals surface area (Å²) in [5, 5.41) is 20.4. The van der Waals surface area contributed by atoms with Crippen LogP contribution in [0.25, 0.3) is 16.9 Å². The second-order valence-electron chi connectivity index (χ2n) is 9.83. The lowest BCUT2D eigenvalue weighted by atomic mass is 10.1. The van der Waals surface area contributed by atoms with Crippen LogP contribution in [0.5, 0.6) is 0 Å². The number of sulfonamides is 1. The number of rotatable bonds is 10. The highest BCUT2D eigenvalue weighted by Gasteiger charge is 2.39. The van der Waals surface area contributed by atoms with E-state index in [9.17, 15) is 36.4 Å². The van der Waals surface area contributed by atoms with Crippen molar-refractivity contribution in [3.8, 4) is 16.9 Å². The number of benzene rings is 2. The molecule has 2 aromatic carbocycles. The maximum atomic E-state index is 13.5. The molecular formula is C27H29F3N6O7S. The molecule has 0 aliphatic carbocycles. The Morgan fingerprint density at radius 1 is 1.18 bits per heavy atom. The van der Waals surface area contributed by atoms with Crippen molar-refractivity contribution in [3.05, 3.63) is 71.1 Å². The van der Waals surface area contributed by atoms with Crippen LogP contribution in [0.1, 0.15) is 44.4 Å². The lowest BCUT2D eigenvalue weighted by Crippen LogP contribution is -2.47. The van der Waals surface area contributed by atoms with E-state index in [1.54, 1.807) is 31.2 Å². The number of amides is 1. The SMILES string of the molecule is CCC(=O)OC(C)ON=[N+]([O-])N1CCC[C@H]1C(=O)NS(=O)(=O)c1ccc(-n2nc(C(F)(F)F)cc2-c2ccc(C)cc2)cc1. The number of aryl methyl sites for hydroxylation is 1. The Kier molecular flexibility index (Phi) is 9.46. The van der Waals surface area contributed by atoms with Crippen molar-refractivity contribution in [2.75, 3.05) is 6.54 Å². The van der Waals surface area contributed by atoms with E-state index in [0.717, 1.165) is 33.5 Å². The quantitative estimate of drug-likeness (QED) is 0.113. The number of alkyl halides is 3. The predicted octanol–water partition coefficient (Wildman–Crippen LogP) is 4.24. The number of aromatic nitrogens is 2. The summed E-state index contributed by atoms with van der Waals surface area (Å²) in [6.07, 6.45) is -5.30. The van der Waals surface area contributed by atoms with Crippen LogP contribution in [0.15, 0.2) is 64.8 Å². The van der Waals surface area contributed by atoms with Crippen LogP contribution < -0.4 is 4.72 Å². The summed E-state index contributed by atoms with van der Waals surface area (Å²) >= 11 is 0. The number of nitrogens with one attached hydrogen (secondary N) is 1. The molecule has 0 saturated carbocycles. The molecule has 13 nitrogen and oxygen atoms in total. The minimum atomic E-state index is -4.72. The average Bonchev–Trinajstić information content (AvgIpc) is 3.65. The maximum absolute atomic E-state index is 13.5. The van der Waals surface area contributed by atoms with Crippen LogP contribution in [-0.4, -0.2) is 58.9 Å². The summed E-state index contributed by atoms with van der Waals surface area (Å²) in [5.41, 5.74) is 0.523. The van der Waals surface area contributed by atoms with E-state index < -0.39 is 46.1 Å². The number of esters is 1. The standard InChI is InChI=1S/C27H29F3N6O7S/c1-4-25(37)42-18(3)43-33-36(39)34-15-5-6-22(34)26(38)32-44(40,41)21-13-11-20(12-14-21)35-23(16-24(31-35)27(28,29)30)19-9-7-17(2)8-10-19/h7-14,16,18,22H,4-6,15H2,1-3H3,(H,32,38)/t18?,22-/m0/s1. The minimum Gasteiger partial charge on any atom is -0.569 e. The van der Waals surface area contributed by atoms with Gasteiger partial charge in [-0.3, -0.25) is 14.4 Å². The monoisotopic (exact) mass is 638 g/mol. The van der Waals surface area contributed by atoms with Crippen molar-refractivity contribution in [2.24, 2.45) is 5.28 Å². The van der Waals surface area contributed by atoms with E-state index >= 15 is 0 Å². The molecule has 0 radical (unpaired) electrons. The molecule has 4 rings (SSSR count). The van der Waals surface area contributed by atoms with Gasteiger partial charge in [0.1, 0.15) is 0 Å². The van der Waals surface area contributed by atoms with Crippen molar-refractivity contribution in [3.63, 3.8) is 0 Å². The van der Waals surface area contributed by atoms with Gasteiger partial charge in [-0.25, -0.2) is 17.8 Å². The van der Waals surface area contributed by atoms with Crippen LogP contribution in [0, 0.1) is 12.1 Å². The summed E-state index contributed by atoms with van der Waals surface area (Å²) in [4.78, 5) is 28.7. The van der Waals surface area contributed by atoms with E-state index in [1.165, 1.54) is 19.1 Å². The molecule has 1 N–H and O–H groups in total. The minimum absolute atomic E-state index is 0.0140. The second kappa shape index (κ2) is 12.9. The first-order valence-electron chi connectivity index (χ1n) is 13.4. The topological polar surface area (TPSA) is 158 Å². The molecule has 1 aromatic heterocycles. The molecule has 236 valence electrons. The van der Waals surface area contributed by atoms with Crippen LogP contribution in [-0.2, 0) is 35.4 Å². The van der Waals surface area contributed by atoms with Gasteiger partial charge in [0, 0.05) is 18.9 Å². The molecule has 1 fully saturated rings. The van der Waals surface area contributed by atoms with E-state index in [-0.39, 0.29) is 40.6 Å². The lowest BCUT2D eigenvalue weighted by Gasteiger charge is -2.20. The highest BCUT2D eigenvalue weighted by atomic mass is 32.2. The Hall–Kier alpha value is -4.67. The molecule has 0 spiro atoms. The maximum Gasteiger partial charge on any atom is 0.435 e. The number of hydrogen-bond donors (Lipinski definition) is 1. The Balaban J connectivity index is 1.51. The van der Waals surface area contributed by atoms with Gasteiger partial charge in [-0.05, 0) is 50.1 Å². The van der Waals surface area contributed by atoms with Gasteiger partial charge in [-0.15, -0.1) is 5.01 Å². The summed E-state index contributed by atoms with van der Waals surface area (Å²) < 4.78 is 74.4. The first-order valence-corrected chi connectivity index (χ1v) is 14.9. The molecule has 1 amide bonds. The molecule has 17 heteroatoms. The Morgan fingerprint density at radius 2 is 1.84 bits per heavy atom. The zero-order chi connectivity index (χ0) is 32.2. The first kappa shape index (κ1) is 32.2. The van der Waals surface area contributed by atoms with Crippen LogP contribution in [0.2, 0.25) is 0 Å². The molecule has 2 atom stereocenters. The zero-order valence-corrected chi connectivity index (χ0v) is 24.6. The number of ether oxygens (including phenoxy) is 1. The van der Waals surface area contributed by atoms with Gasteiger partial charge in [-0.1, -0.05) is 36.8 Å². The van der Waals surface area contributed by atoms with E-state index in [1.807, 2.05) is 11.6 Å². The van der Waals surface area contributed by atoms with Gasteiger partial charge in [0.15, 0.2) is 11.7 Å². The number of hydrogen-bond acceptors (Lipinski definition) is 9. The van der Waals surface area contributed by atoms with Gasteiger partial charge >= 0.3 is 12.1 Å². The van der Waals surface area contributed by atoms with Gasteiger partial charge in [-0.2, -0.15) is 18.3 Å². The van der Waals surface area contributed by atoms with Gasteiger partial charge in [0.2, 0.25) is 5.28 Å². The van der Waals surface area contributed by atoms with Crippen molar-refractivity contribution in [1.82, 2.24) is 19.5 Å². The fraction of sp³-hybridized carbons (Fsp3) is 0.370. The van der Waals surface area contributed by atoms with Crippen molar-refractivity contribution in [1.29, 1.82) is 0 Å². The summed E-state index contributed by atoms with van der Waals surface area (Å²) in [5.74, 6) is -1.58. The molecular weight excluding hydrogens is 609 g/mol. The van der Waals surface area contributed by atoms with Crippen molar-refractivity contribution >= 4 is 21.9 Å². The largest absolute Gasteiger partial charge is 0.569 e. The molecule has 1 saturated heterocycles. The zero-order valence-electron chi connectivity index (χ0n) is 23.8. The fourth-order valence-corrected chi connectivity index (χ4v) is 5.35. The second-order valence-corrected chi connectivity index (χ2v) is 11.5. The number of carbonyl (C=O) groups is 2. The molecule has 0 bridgehead atoms. The van der Waals surface area contributed by atoms with Crippen LogP contribution in [0.4, 0.5) is 13.2 Å². The summed E-state index contributed by atoms with van der Waals surface area (Å²) in [6.45, 7) is 4.80. The predicted molar refractivity (Wildman–Crippen MR) is 147 cm³/mol. The Labute approximate surface area is 250 Å². The first-order chi connectivity index (χ1) is 20.7. The molecule has 1 unspecified atom stereocenters. The molecule has 2 heterocycles. The van der Waals surface area contributed by atoms with Crippen LogP contribution in [0.3, 0.4) is 0 Å². The summed E-state index contributed by atoms with van der Waals surface area (Å²) in [6, 6.07) is 11.2. The smallest absolute Gasteiger partial charge is 0.435 e. The average molecular weight is 639 g/mol. The van der Waals surface area contributed by atoms with E-state index in [4.69, 9.17) is 9.57 Å². The molecule has 1 aliphatic rings. The van der Waals surface area contributed by atoms with Gasteiger partial charge < -0.3 is 9.94 Å². The number of halogens is 3. The third kappa shape index (κ3) is 7.45. The Morgan fingerprint density at radius 3 is 2.45 bits per heavy atom.